The molecule has 8 heteroatoms. The molecule has 0 aliphatic carbocycles. The fourth-order valence-electron chi connectivity index (χ4n) is 3.27. The van der Waals surface area contributed by atoms with E-state index in [0.717, 1.165) is 26.2 Å². The number of para-hydroxylation sites is 1. The standard InChI is InChI=1S/C21H25N3O4S/c1-26-17-13-15(14-18(27-2)19(17)28-3)20(25)22-21(29)24-11-9-23(10-12-24)16-7-5-4-6-8-16/h4-8,13-14H,9-12H2,1-3H3,(H,22,25,29). The minimum atomic E-state index is -0.320. The van der Waals surface area contributed by atoms with Crippen LogP contribution in [-0.4, -0.2) is 63.4 Å². The van der Waals surface area contributed by atoms with E-state index in [-0.39, 0.29) is 5.91 Å². The van der Waals surface area contributed by atoms with Gasteiger partial charge in [-0.3, -0.25) is 10.1 Å². The maximum Gasteiger partial charge on any atom is 0.257 e. The molecule has 1 fully saturated rings. The van der Waals surface area contributed by atoms with E-state index in [2.05, 4.69) is 22.3 Å². The predicted octanol–water partition coefficient (Wildman–Crippen LogP) is 2.55. The van der Waals surface area contributed by atoms with Gasteiger partial charge in [-0.2, -0.15) is 0 Å². The molecule has 7 nitrogen and oxygen atoms in total. The summed E-state index contributed by atoms with van der Waals surface area (Å²) in [5.41, 5.74) is 1.57. The molecule has 0 atom stereocenters. The molecule has 1 heterocycles. The van der Waals surface area contributed by atoms with Crippen LogP contribution >= 0.6 is 12.2 Å². The summed E-state index contributed by atoms with van der Waals surface area (Å²) in [7, 11) is 4.54. The van der Waals surface area contributed by atoms with Crippen molar-refractivity contribution >= 4 is 28.9 Å². The Labute approximate surface area is 176 Å². The summed E-state index contributed by atoms with van der Waals surface area (Å²) >= 11 is 5.46. The first-order chi connectivity index (χ1) is 14.1. The van der Waals surface area contributed by atoms with Gasteiger partial charge in [-0.25, -0.2) is 0 Å². The van der Waals surface area contributed by atoms with Gasteiger partial charge in [0.25, 0.3) is 5.91 Å². The van der Waals surface area contributed by atoms with Gasteiger partial charge in [0.05, 0.1) is 21.3 Å². The van der Waals surface area contributed by atoms with Crippen LogP contribution in [0.2, 0.25) is 0 Å². The van der Waals surface area contributed by atoms with Crippen molar-refractivity contribution in [2.75, 3.05) is 52.4 Å². The van der Waals surface area contributed by atoms with Crippen LogP contribution in [0.15, 0.2) is 42.5 Å². The van der Waals surface area contributed by atoms with E-state index in [1.807, 2.05) is 23.1 Å². The highest BCUT2D eigenvalue weighted by atomic mass is 32.1. The summed E-state index contributed by atoms with van der Waals surface area (Å²) < 4.78 is 15.9. The van der Waals surface area contributed by atoms with Gasteiger partial charge >= 0.3 is 0 Å². The molecule has 1 aliphatic rings. The van der Waals surface area contributed by atoms with Crippen molar-refractivity contribution < 1.29 is 19.0 Å². The van der Waals surface area contributed by atoms with Crippen molar-refractivity contribution in [3.05, 3.63) is 48.0 Å². The number of carbonyl (C=O) groups is 1. The van der Waals surface area contributed by atoms with Crippen LogP contribution < -0.4 is 24.4 Å². The Bertz CT molecular complexity index is 842. The number of amides is 1. The van der Waals surface area contributed by atoms with Crippen molar-refractivity contribution in [2.45, 2.75) is 0 Å². The zero-order valence-corrected chi connectivity index (χ0v) is 17.6. The fraction of sp³-hybridized carbons (Fsp3) is 0.333. The molecule has 1 N–H and O–H groups in total. The van der Waals surface area contributed by atoms with Crippen molar-refractivity contribution in [3.8, 4) is 17.2 Å². The van der Waals surface area contributed by atoms with E-state index in [9.17, 15) is 4.79 Å². The number of ether oxygens (including phenoxy) is 3. The molecule has 0 unspecified atom stereocenters. The van der Waals surface area contributed by atoms with Crippen LogP contribution in [-0.2, 0) is 0 Å². The first-order valence-corrected chi connectivity index (χ1v) is 9.68. The monoisotopic (exact) mass is 415 g/mol. The predicted molar refractivity (Wildman–Crippen MR) is 116 cm³/mol. The molecule has 154 valence electrons. The lowest BCUT2D eigenvalue weighted by Gasteiger charge is -2.37. The van der Waals surface area contributed by atoms with Crippen molar-refractivity contribution in [1.29, 1.82) is 0 Å². The minimum absolute atomic E-state index is 0.320. The van der Waals surface area contributed by atoms with Crippen LogP contribution in [0, 0.1) is 0 Å². The molecule has 3 rings (SSSR count). The zero-order valence-electron chi connectivity index (χ0n) is 16.8. The van der Waals surface area contributed by atoms with Gasteiger partial charge in [0, 0.05) is 37.4 Å². The quantitative estimate of drug-likeness (QED) is 0.753. The summed E-state index contributed by atoms with van der Waals surface area (Å²) in [5.74, 6) is 0.949. The Morgan fingerprint density at radius 3 is 2.03 bits per heavy atom. The lowest BCUT2D eigenvalue weighted by atomic mass is 10.1. The molecule has 2 aromatic carbocycles. The van der Waals surface area contributed by atoms with Crippen LogP contribution in [0.3, 0.4) is 0 Å². The summed E-state index contributed by atoms with van der Waals surface area (Å²) in [6, 6.07) is 13.5. The number of piperazine rings is 1. The minimum Gasteiger partial charge on any atom is -0.493 e. The Balaban J connectivity index is 1.63. The lowest BCUT2D eigenvalue weighted by molar-refractivity contribution is 0.0972. The largest absolute Gasteiger partial charge is 0.493 e. The fourth-order valence-corrected chi connectivity index (χ4v) is 3.54. The van der Waals surface area contributed by atoms with Gasteiger partial charge in [-0.05, 0) is 36.5 Å². The first-order valence-electron chi connectivity index (χ1n) is 9.27. The number of nitrogens with zero attached hydrogens (tertiary/aromatic N) is 2. The Hall–Kier alpha value is -3.00. The first kappa shape index (κ1) is 20.7. The number of hydrogen-bond donors (Lipinski definition) is 1. The maximum atomic E-state index is 12.7. The molecule has 0 spiro atoms. The second kappa shape index (κ2) is 9.47. The SMILES string of the molecule is COc1cc(C(=O)NC(=S)N2CCN(c3ccccc3)CC2)cc(OC)c1OC. The summed E-state index contributed by atoms with van der Waals surface area (Å²) in [4.78, 5) is 17.0. The molecule has 29 heavy (non-hydrogen) atoms. The topological polar surface area (TPSA) is 63.3 Å². The third-order valence-electron chi connectivity index (χ3n) is 4.84. The van der Waals surface area contributed by atoms with Gasteiger partial charge in [-0.1, -0.05) is 18.2 Å². The molecule has 0 bridgehead atoms. The molecule has 0 radical (unpaired) electrons. The Morgan fingerprint density at radius 2 is 1.52 bits per heavy atom. The van der Waals surface area contributed by atoms with Crippen LogP contribution in [0.25, 0.3) is 0 Å². The maximum absolute atomic E-state index is 12.7. The van der Waals surface area contributed by atoms with Gasteiger partial charge in [-0.15, -0.1) is 0 Å². The van der Waals surface area contributed by atoms with Crippen molar-refractivity contribution in [1.82, 2.24) is 10.2 Å². The molecule has 1 saturated heterocycles. The Kier molecular flexibility index (Phi) is 6.77. The third-order valence-corrected chi connectivity index (χ3v) is 5.20. The van der Waals surface area contributed by atoms with Crippen LogP contribution in [0.4, 0.5) is 5.69 Å². The third kappa shape index (κ3) is 4.71. The number of hydrogen-bond acceptors (Lipinski definition) is 6. The highest BCUT2D eigenvalue weighted by Crippen LogP contribution is 2.38. The van der Waals surface area contributed by atoms with Crippen molar-refractivity contribution in [2.24, 2.45) is 0 Å². The van der Waals surface area contributed by atoms with E-state index in [0.29, 0.717) is 27.9 Å². The smallest absolute Gasteiger partial charge is 0.257 e. The highest BCUT2D eigenvalue weighted by Gasteiger charge is 2.22. The molecule has 0 saturated carbocycles. The van der Waals surface area contributed by atoms with Gasteiger partial charge in [0.15, 0.2) is 16.6 Å². The number of anilines is 1. The average Bonchev–Trinajstić information content (AvgIpc) is 2.78. The number of carbonyl (C=O) groups excluding carboxylic acids is 1. The number of nitrogens with one attached hydrogen (secondary N) is 1. The number of thiocarbonyl (C=S) groups is 1. The van der Waals surface area contributed by atoms with E-state index in [1.165, 1.54) is 27.0 Å². The van der Waals surface area contributed by atoms with Crippen LogP contribution in [0.1, 0.15) is 10.4 Å². The number of methoxy groups -OCH3 is 3. The molecule has 0 aromatic heterocycles. The average molecular weight is 416 g/mol. The zero-order chi connectivity index (χ0) is 20.8. The second-order valence-electron chi connectivity index (χ2n) is 6.48. The molecule has 2 aromatic rings. The van der Waals surface area contributed by atoms with E-state index < -0.39 is 0 Å². The van der Waals surface area contributed by atoms with E-state index in [1.54, 1.807) is 12.1 Å². The summed E-state index contributed by atoms with van der Waals surface area (Å²) in [5, 5.41) is 3.22. The van der Waals surface area contributed by atoms with Gasteiger partial charge in [0.2, 0.25) is 5.75 Å². The summed E-state index contributed by atoms with van der Waals surface area (Å²) in [6.45, 7) is 3.15. The van der Waals surface area contributed by atoms with Crippen LogP contribution in [0.5, 0.6) is 17.2 Å². The second-order valence-corrected chi connectivity index (χ2v) is 6.87. The highest BCUT2D eigenvalue weighted by molar-refractivity contribution is 7.80. The van der Waals surface area contributed by atoms with Gasteiger partial charge < -0.3 is 24.0 Å². The lowest BCUT2D eigenvalue weighted by Crippen LogP contribution is -2.52. The van der Waals surface area contributed by atoms with Gasteiger partial charge in [0.1, 0.15) is 0 Å². The molecule has 1 aliphatic heterocycles. The van der Waals surface area contributed by atoms with Crippen molar-refractivity contribution in [3.63, 3.8) is 0 Å². The van der Waals surface area contributed by atoms with E-state index >= 15 is 0 Å². The summed E-state index contributed by atoms with van der Waals surface area (Å²) in [6.07, 6.45) is 0. The molecule has 1 amide bonds. The molecular weight excluding hydrogens is 390 g/mol. The number of benzene rings is 2. The molecular formula is C21H25N3O4S. The van der Waals surface area contributed by atoms with E-state index in [4.69, 9.17) is 26.4 Å². The normalized spacial score (nSPS) is 13.6. The number of rotatable bonds is 5. The Morgan fingerprint density at radius 1 is 0.931 bits per heavy atom.